The van der Waals surface area contributed by atoms with Crippen molar-refractivity contribution < 1.29 is 0 Å². The number of allylic oxidation sites excluding steroid dienone is 2. The van der Waals surface area contributed by atoms with E-state index < -0.39 is 0 Å². The number of hydrogen-bond acceptors (Lipinski definition) is 2. The molecule has 0 aliphatic carbocycles. The Morgan fingerprint density at radius 1 is 1.28 bits per heavy atom. The van der Waals surface area contributed by atoms with Gasteiger partial charge in [-0.15, -0.1) is 0 Å². The van der Waals surface area contributed by atoms with Gasteiger partial charge in [0.2, 0.25) is 0 Å². The van der Waals surface area contributed by atoms with Gasteiger partial charge < -0.3 is 4.90 Å². The zero-order chi connectivity index (χ0) is 12.5. The number of amidine groups is 2. The zero-order valence-electron chi connectivity index (χ0n) is 9.97. The quantitative estimate of drug-likeness (QED) is 0.662. The number of halogens is 1. The second-order valence-electron chi connectivity index (χ2n) is 4.15. The minimum atomic E-state index is 0.804. The van der Waals surface area contributed by atoms with E-state index in [1.807, 2.05) is 12.1 Å². The molecule has 1 aromatic rings. The van der Waals surface area contributed by atoms with E-state index in [1.165, 1.54) is 9.14 Å². The van der Waals surface area contributed by atoms with Crippen LogP contribution in [0.2, 0.25) is 0 Å². The van der Waals surface area contributed by atoms with E-state index in [9.17, 15) is 0 Å². The van der Waals surface area contributed by atoms with Crippen LogP contribution in [0.3, 0.4) is 0 Å². The third-order valence-corrected chi connectivity index (χ3v) is 3.63. The molecule has 2 aliphatic rings. The van der Waals surface area contributed by atoms with Gasteiger partial charge in [-0.3, -0.25) is 4.99 Å². The second-order valence-corrected chi connectivity index (χ2v) is 5.40. The fourth-order valence-corrected chi connectivity index (χ4v) is 2.65. The summed E-state index contributed by atoms with van der Waals surface area (Å²) in [5, 5.41) is 0. The van der Waals surface area contributed by atoms with E-state index >= 15 is 0 Å². The molecular formula is C14H12IN3. The van der Waals surface area contributed by atoms with Crippen LogP contribution in [0.4, 0.5) is 0 Å². The number of hydrogen-bond donors (Lipinski definition) is 0. The van der Waals surface area contributed by atoms with Crippen LogP contribution in [-0.2, 0) is 6.54 Å². The molecule has 0 spiro atoms. The van der Waals surface area contributed by atoms with Crippen LogP contribution in [0.25, 0.3) is 0 Å². The van der Waals surface area contributed by atoms with Gasteiger partial charge in [-0.25, -0.2) is 4.99 Å². The van der Waals surface area contributed by atoms with Crippen LogP contribution >= 0.6 is 22.6 Å². The molecule has 4 heteroatoms. The second kappa shape index (κ2) is 4.68. The number of benzene rings is 1. The van der Waals surface area contributed by atoms with E-state index in [0.29, 0.717) is 0 Å². The largest absolute Gasteiger partial charge is 0.327 e. The van der Waals surface area contributed by atoms with Crippen molar-refractivity contribution in [2.75, 3.05) is 7.05 Å². The third kappa shape index (κ3) is 2.01. The molecule has 0 aromatic heterocycles. The third-order valence-electron chi connectivity index (χ3n) is 3.00. The van der Waals surface area contributed by atoms with Gasteiger partial charge in [0.15, 0.2) is 5.84 Å². The highest BCUT2D eigenvalue weighted by Crippen LogP contribution is 2.23. The molecule has 18 heavy (non-hydrogen) atoms. The molecule has 0 N–H and O–H groups in total. The molecule has 2 aliphatic heterocycles. The van der Waals surface area contributed by atoms with E-state index in [0.717, 1.165) is 23.8 Å². The van der Waals surface area contributed by atoms with Gasteiger partial charge in [0.1, 0.15) is 5.84 Å². The molecule has 0 radical (unpaired) electrons. The maximum Gasteiger partial charge on any atom is 0.157 e. The summed E-state index contributed by atoms with van der Waals surface area (Å²) >= 11 is 2.32. The van der Waals surface area contributed by atoms with Crippen LogP contribution in [-0.4, -0.2) is 23.6 Å². The van der Waals surface area contributed by atoms with Gasteiger partial charge in [-0.2, -0.15) is 0 Å². The standard InChI is InChI=1S/C14H12IN3/c1-16-14-12-5-3-2-4-10(12)8-18-9-11(15)6-7-13(18)17-14/h2-7,9H,8H2,1H3/b16-14+. The van der Waals surface area contributed by atoms with Crippen molar-refractivity contribution in [2.45, 2.75) is 6.54 Å². The molecular weight excluding hydrogens is 337 g/mol. The lowest BCUT2D eigenvalue weighted by molar-refractivity contribution is 0.555. The summed E-state index contributed by atoms with van der Waals surface area (Å²) in [5.41, 5.74) is 2.38. The van der Waals surface area contributed by atoms with Gasteiger partial charge in [0, 0.05) is 28.9 Å². The van der Waals surface area contributed by atoms with Gasteiger partial charge in [-0.1, -0.05) is 24.3 Å². The first-order valence-corrected chi connectivity index (χ1v) is 6.81. The molecule has 3 nitrogen and oxygen atoms in total. The fraction of sp³-hybridized carbons (Fsp3) is 0.143. The Balaban J connectivity index is 2.16. The first-order chi connectivity index (χ1) is 8.78. The summed E-state index contributed by atoms with van der Waals surface area (Å²) in [6.07, 6.45) is 6.23. The normalized spacial score (nSPS) is 19.9. The molecule has 0 bridgehead atoms. The highest BCUT2D eigenvalue weighted by molar-refractivity contribution is 14.1. The monoisotopic (exact) mass is 349 g/mol. The van der Waals surface area contributed by atoms with Crippen LogP contribution in [0, 0.1) is 0 Å². The maximum absolute atomic E-state index is 4.65. The molecule has 0 fully saturated rings. The van der Waals surface area contributed by atoms with Gasteiger partial charge in [-0.05, 0) is 40.3 Å². The SMILES string of the molecule is C/N=C1/N=C2C=CC(I)=CN2Cc2ccccc21. The fourth-order valence-electron chi connectivity index (χ4n) is 2.14. The Labute approximate surface area is 120 Å². The highest BCUT2D eigenvalue weighted by atomic mass is 127. The van der Waals surface area contributed by atoms with Crippen LogP contribution in [0.15, 0.2) is 56.2 Å². The lowest BCUT2D eigenvalue weighted by atomic mass is 10.1. The minimum Gasteiger partial charge on any atom is -0.327 e. The number of rotatable bonds is 0. The molecule has 0 amide bonds. The van der Waals surface area contributed by atoms with E-state index in [4.69, 9.17) is 0 Å². The van der Waals surface area contributed by atoms with E-state index in [1.54, 1.807) is 7.05 Å². The summed E-state index contributed by atoms with van der Waals surface area (Å²) in [7, 11) is 1.79. The lowest BCUT2D eigenvalue weighted by Gasteiger charge is -2.21. The number of aliphatic imine (C=N–C) groups is 2. The molecule has 1 aromatic carbocycles. The molecule has 90 valence electrons. The smallest absolute Gasteiger partial charge is 0.157 e. The van der Waals surface area contributed by atoms with Gasteiger partial charge in [0.25, 0.3) is 0 Å². The van der Waals surface area contributed by atoms with Crippen LogP contribution in [0.1, 0.15) is 11.1 Å². The van der Waals surface area contributed by atoms with Crippen molar-refractivity contribution in [3.05, 3.63) is 57.3 Å². The summed E-state index contributed by atoms with van der Waals surface area (Å²) in [5.74, 6) is 1.75. The van der Waals surface area contributed by atoms with Crippen molar-refractivity contribution in [1.29, 1.82) is 0 Å². The van der Waals surface area contributed by atoms with Crippen molar-refractivity contribution in [2.24, 2.45) is 9.98 Å². The predicted octanol–water partition coefficient (Wildman–Crippen LogP) is 3.12. The molecule has 0 saturated carbocycles. The lowest BCUT2D eigenvalue weighted by Crippen LogP contribution is -2.24. The molecule has 3 rings (SSSR count). The number of nitrogens with zero attached hydrogens (tertiary/aromatic N) is 3. The maximum atomic E-state index is 4.65. The summed E-state index contributed by atoms with van der Waals surface area (Å²) in [6, 6.07) is 8.31. The van der Waals surface area contributed by atoms with E-state index in [-0.39, 0.29) is 0 Å². The summed E-state index contributed by atoms with van der Waals surface area (Å²) < 4.78 is 1.21. The first-order valence-electron chi connectivity index (χ1n) is 5.74. The highest BCUT2D eigenvalue weighted by Gasteiger charge is 2.20. The minimum absolute atomic E-state index is 0.804. The van der Waals surface area contributed by atoms with Crippen molar-refractivity contribution >= 4 is 34.3 Å². The van der Waals surface area contributed by atoms with Gasteiger partial charge >= 0.3 is 0 Å². The Kier molecular flexibility index (Phi) is 3.03. The molecule has 2 heterocycles. The Morgan fingerprint density at radius 2 is 2.11 bits per heavy atom. The topological polar surface area (TPSA) is 28.0 Å². The summed E-state index contributed by atoms with van der Waals surface area (Å²) in [4.78, 5) is 11.1. The van der Waals surface area contributed by atoms with Crippen LogP contribution in [0.5, 0.6) is 0 Å². The summed E-state index contributed by atoms with van der Waals surface area (Å²) in [6.45, 7) is 0.838. The number of fused-ring (bicyclic) bond motifs is 2. The average molecular weight is 349 g/mol. The zero-order valence-corrected chi connectivity index (χ0v) is 12.1. The Bertz CT molecular complexity index is 611. The predicted molar refractivity (Wildman–Crippen MR) is 83.1 cm³/mol. The van der Waals surface area contributed by atoms with Crippen LogP contribution < -0.4 is 0 Å². The molecule has 0 unspecified atom stereocenters. The Hall–Kier alpha value is -1.43. The first kappa shape index (κ1) is 11.6. The molecule has 0 atom stereocenters. The van der Waals surface area contributed by atoms with Crippen molar-refractivity contribution in [1.82, 2.24) is 4.90 Å². The van der Waals surface area contributed by atoms with Gasteiger partial charge in [0.05, 0.1) is 0 Å². The van der Waals surface area contributed by atoms with E-state index in [2.05, 4.69) is 68.0 Å². The van der Waals surface area contributed by atoms with Crippen molar-refractivity contribution in [3.63, 3.8) is 0 Å². The Morgan fingerprint density at radius 3 is 2.94 bits per heavy atom. The van der Waals surface area contributed by atoms with Crippen molar-refractivity contribution in [3.8, 4) is 0 Å². The average Bonchev–Trinajstić information content (AvgIpc) is 2.54. The molecule has 0 saturated heterocycles.